The van der Waals surface area contributed by atoms with E-state index >= 15 is 0 Å². The van der Waals surface area contributed by atoms with Crippen molar-refractivity contribution in [1.29, 1.82) is 0 Å². The highest BCUT2D eigenvalue weighted by Crippen LogP contribution is 2.27. The summed E-state index contributed by atoms with van der Waals surface area (Å²) in [7, 11) is 0. The molecule has 0 aromatic heterocycles. The summed E-state index contributed by atoms with van der Waals surface area (Å²) in [5.74, 6) is 0.294. The van der Waals surface area contributed by atoms with E-state index in [1.165, 1.54) is 0 Å². The number of hydrogen-bond donors (Lipinski definition) is 1. The van der Waals surface area contributed by atoms with Crippen LogP contribution in [0.1, 0.15) is 33.1 Å². The van der Waals surface area contributed by atoms with Crippen molar-refractivity contribution in [1.82, 2.24) is 4.90 Å². The van der Waals surface area contributed by atoms with E-state index < -0.39 is 0 Å². The monoisotopic (exact) mass is 227 g/mol. The molecule has 4 nitrogen and oxygen atoms in total. The lowest BCUT2D eigenvalue weighted by Gasteiger charge is -2.33. The van der Waals surface area contributed by atoms with Crippen molar-refractivity contribution in [3.63, 3.8) is 0 Å². The molecule has 2 rings (SSSR count). The third-order valence-electron chi connectivity index (χ3n) is 3.52. The van der Waals surface area contributed by atoms with Crippen LogP contribution in [0.5, 0.6) is 0 Å². The second kappa shape index (κ2) is 4.72. The Balaban J connectivity index is 1.93. The van der Waals surface area contributed by atoms with E-state index in [0.29, 0.717) is 13.1 Å². The zero-order chi connectivity index (χ0) is 11.7. The normalized spacial score (nSPS) is 40.1. The fourth-order valence-electron chi connectivity index (χ4n) is 2.81. The van der Waals surface area contributed by atoms with Crippen LogP contribution in [0.3, 0.4) is 0 Å². The number of nitrogens with zero attached hydrogens (tertiary/aromatic N) is 1. The van der Waals surface area contributed by atoms with Gasteiger partial charge < -0.3 is 14.7 Å². The van der Waals surface area contributed by atoms with E-state index in [1.807, 2.05) is 13.8 Å². The molecule has 4 heteroatoms. The third-order valence-corrected chi connectivity index (χ3v) is 3.52. The molecule has 0 aliphatic carbocycles. The van der Waals surface area contributed by atoms with Gasteiger partial charge in [-0.25, -0.2) is 0 Å². The lowest BCUT2D eigenvalue weighted by molar-refractivity contribution is -0.142. The van der Waals surface area contributed by atoms with Crippen molar-refractivity contribution < 1.29 is 14.6 Å². The van der Waals surface area contributed by atoms with Crippen molar-refractivity contribution in [2.45, 2.75) is 51.4 Å². The standard InChI is InChI=1S/C12H21NO3/c1-8-5-10(6-9(2)16-8)12(15)13-4-3-11(14)7-13/h8-11,14H,3-7H2,1-2H3/t8?,9?,10?,11-/m1/s1. The van der Waals surface area contributed by atoms with Gasteiger partial charge in [0.15, 0.2) is 0 Å². The second-order valence-corrected chi connectivity index (χ2v) is 5.15. The van der Waals surface area contributed by atoms with Crippen LogP contribution < -0.4 is 0 Å². The van der Waals surface area contributed by atoms with Gasteiger partial charge in [-0.2, -0.15) is 0 Å². The zero-order valence-electron chi connectivity index (χ0n) is 10.1. The topological polar surface area (TPSA) is 49.8 Å². The molecule has 2 aliphatic heterocycles. The third kappa shape index (κ3) is 2.55. The van der Waals surface area contributed by atoms with Crippen molar-refractivity contribution >= 4 is 5.91 Å². The molecule has 0 saturated carbocycles. The van der Waals surface area contributed by atoms with Crippen molar-refractivity contribution in [3.8, 4) is 0 Å². The molecular weight excluding hydrogens is 206 g/mol. The summed E-state index contributed by atoms with van der Waals surface area (Å²) in [6, 6.07) is 0. The Bertz CT molecular complexity index is 259. The number of carbonyl (C=O) groups is 1. The maximum absolute atomic E-state index is 12.2. The molecule has 1 amide bonds. The first kappa shape index (κ1) is 11.9. The fraction of sp³-hybridized carbons (Fsp3) is 0.917. The van der Waals surface area contributed by atoms with Gasteiger partial charge in [0.25, 0.3) is 0 Å². The number of amides is 1. The molecule has 0 bridgehead atoms. The first-order chi connectivity index (χ1) is 7.56. The summed E-state index contributed by atoms with van der Waals surface area (Å²) in [6.45, 7) is 5.27. The van der Waals surface area contributed by atoms with Crippen LogP contribution >= 0.6 is 0 Å². The molecule has 1 N–H and O–H groups in total. The molecule has 2 aliphatic rings. The maximum Gasteiger partial charge on any atom is 0.225 e. The Morgan fingerprint density at radius 2 is 1.94 bits per heavy atom. The number of aliphatic hydroxyl groups is 1. The quantitative estimate of drug-likeness (QED) is 0.720. The molecule has 2 heterocycles. The van der Waals surface area contributed by atoms with Gasteiger partial charge in [0.2, 0.25) is 5.91 Å². The maximum atomic E-state index is 12.2. The SMILES string of the molecule is CC1CC(C(=O)N2CC[C@@H](O)C2)CC(C)O1. The van der Waals surface area contributed by atoms with Crippen LogP contribution in [0.4, 0.5) is 0 Å². The van der Waals surface area contributed by atoms with Gasteiger partial charge in [0, 0.05) is 19.0 Å². The number of carbonyl (C=O) groups excluding carboxylic acids is 1. The molecule has 2 saturated heterocycles. The molecule has 0 spiro atoms. The summed E-state index contributed by atoms with van der Waals surface area (Å²) in [5.41, 5.74) is 0. The van der Waals surface area contributed by atoms with Gasteiger partial charge in [0.05, 0.1) is 18.3 Å². The van der Waals surface area contributed by atoms with Crippen LogP contribution in [-0.4, -0.2) is 47.3 Å². The van der Waals surface area contributed by atoms with E-state index in [4.69, 9.17) is 4.74 Å². The number of likely N-dealkylation sites (tertiary alicyclic amines) is 1. The number of hydrogen-bond acceptors (Lipinski definition) is 3. The van der Waals surface area contributed by atoms with Gasteiger partial charge in [-0.1, -0.05) is 0 Å². The van der Waals surface area contributed by atoms with Gasteiger partial charge in [-0.15, -0.1) is 0 Å². The minimum Gasteiger partial charge on any atom is -0.391 e. The molecule has 3 atom stereocenters. The van der Waals surface area contributed by atoms with Gasteiger partial charge in [-0.3, -0.25) is 4.79 Å². The van der Waals surface area contributed by atoms with Gasteiger partial charge in [0.1, 0.15) is 0 Å². The molecule has 92 valence electrons. The van der Waals surface area contributed by atoms with Gasteiger partial charge >= 0.3 is 0 Å². The Morgan fingerprint density at radius 3 is 2.44 bits per heavy atom. The molecule has 16 heavy (non-hydrogen) atoms. The van der Waals surface area contributed by atoms with Crippen molar-refractivity contribution in [2.75, 3.05) is 13.1 Å². The first-order valence-corrected chi connectivity index (χ1v) is 6.18. The minimum absolute atomic E-state index is 0.0871. The fourth-order valence-corrected chi connectivity index (χ4v) is 2.81. The highest BCUT2D eigenvalue weighted by atomic mass is 16.5. The minimum atomic E-state index is -0.321. The number of aliphatic hydroxyl groups excluding tert-OH is 1. The molecule has 0 aromatic carbocycles. The Hall–Kier alpha value is -0.610. The first-order valence-electron chi connectivity index (χ1n) is 6.18. The second-order valence-electron chi connectivity index (χ2n) is 5.15. The average molecular weight is 227 g/mol. The van der Waals surface area contributed by atoms with E-state index in [1.54, 1.807) is 4.90 Å². The molecule has 0 radical (unpaired) electrons. The van der Waals surface area contributed by atoms with Crippen molar-refractivity contribution in [2.24, 2.45) is 5.92 Å². The van der Waals surface area contributed by atoms with Crippen LogP contribution in [0, 0.1) is 5.92 Å². The van der Waals surface area contributed by atoms with Crippen LogP contribution in [0.25, 0.3) is 0 Å². The van der Waals surface area contributed by atoms with E-state index in [0.717, 1.165) is 19.3 Å². The summed E-state index contributed by atoms with van der Waals surface area (Å²) >= 11 is 0. The largest absolute Gasteiger partial charge is 0.391 e. The summed E-state index contributed by atoms with van der Waals surface area (Å²) < 4.78 is 5.63. The number of ether oxygens (including phenoxy) is 1. The highest BCUT2D eigenvalue weighted by Gasteiger charge is 2.34. The van der Waals surface area contributed by atoms with E-state index in [2.05, 4.69) is 0 Å². The number of β-amino-alcohol motifs (C(OH)–C–C–N with tert-alkyl or cyclic N) is 1. The Labute approximate surface area is 96.6 Å². The van der Waals surface area contributed by atoms with E-state index in [-0.39, 0.29) is 30.1 Å². The highest BCUT2D eigenvalue weighted by molar-refractivity contribution is 5.79. The smallest absolute Gasteiger partial charge is 0.225 e. The Morgan fingerprint density at radius 1 is 1.31 bits per heavy atom. The molecular formula is C12H21NO3. The predicted octanol–water partition coefficient (Wildman–Crippen LogP) is 0.783. The molecule has 2 unspecified atom stereocenters. The van der Waals surface area contributed by atoms with Crippen LogP contribution in [0.15, 0.2) is 0 Å². The predicted molar refractivity (Wildman–Crippen MR) is 59.9 cm³/mol. The van der Waals surface area contributed by atoms with Gasteiger partial charge in [-0.05, 0) is 33.1 Å². The van der Waals surface area contributed by atoms with Crippen LogP contribution in [0.2, 0.25) is 0 Å². The molecule has 2 fully saturated rings. The summed E-state index contributed by atoms with van der Waals surface area (Å²) in [4.78, 5) is 14.0. The summed E-state index contributed by atoms with van der Waals surface area (Å²) in [5, 5.41) is 9.43. The van der Waals surface area contributed by atoms with Crippen LogP contribution in [-0.2, 0) is 9.53 Å². The average Bonchev–Trinajstić information content (AvgIpc) is 2.62. The zero-order valence-corrected chi connectivity index (χ0v) is 10.1. The Kier molecular flexibility index (Phi) is 3.50. The number of rotatable bonds is 1. The van der Waals surface area contributed by atoms with Crippen molar-refractivity contribution in [3.05, 3.63) is 0 Å². The lowest BCUT2D eigenvalue weighted by Crippen LogP contribution is -2.41. The summed E-state index contributed by atoms with van der Waals surface area (Å²) in [6.07, 6.45) is 2.38. The molecule has 0 aromatic rings. The lowest BCUT2D eigenvalue weighted by atomic mass is 9.91. The van der Waals surface area contributed by atoms with E-state index in [9.17, 15) is 9.90 Å².